The van der Waals surface area contributed by atoms with Crippen LogP contribution in [-0.2, 0) is 0 Å². The summed E-state index contributed by atoms with van der Waals surface area (Å²) >= 11 is 0. The first-order valence-corrected chi connectivity index (χ1v) is 10.3. The number of benzene rings is 3. The molecule has 0 aliphatic carbocycles. The molecule has 1 aliphatic heterocycles. The van der Waals surface area contributed by atoms with E-state index in [1.54, 1.807) is 29.2 Å². The zero-order valence-electron chi connectivity index (χ0n) is 17.2. The van der Waals surface area contributed by atoms with Crippen molar-refractivity contribution in [1.29, 1.82) is 0 Å². The Kier molecular flexibility index (Phi) is 5.08. The summed E-state index contributed by atoms with van der Waals surface area (Å²) in [7, 11) is 0. The molecule has 9 heteroatoms. The third kappa shape index (κ3) is 3.82. The first-order valence-electron chi connectivity index (χ1n) is 10.3. The van der Waals surface area contributed by atoms with Crippen LogP contribution in [0.5, 0.6) is 0 Å². The highest BCUT2D eigenvalue weighted by Crippen LogP contribution is 2.35. The van der Waals surface area contributed by atoms with E-state index in [0.717, 1.165) is 12.5 Å². The molecule has 7 nitrogen and oxygen atoms in total. The molecule has 3 aromatic carbocycles. The molecule has 1 saturated heterocycles. The number of non-ortho nitro benzene ring substituents is 1. The highest BCUT2D eigenvalue weighted by molar-refractivity contribution is 5.95. The molecule has 1 unspecified atom stereocenters. The van der Waals surface area contributed by atoms with E-state index in [2.05, 4.69) is 4.98 Å². The molecule has 0 saturated carbocycles. The lowest BCUT2D eigenvalue weighted by Crippen LogP contribution is -2.30. The molecule has 1 aliphatic rings. The minimum Gasteiger partial charge on any atom is -0.438 e. The summed E-state index contributed by atoms with van der Waals surface area (Å²) in [6, 6.07) is 13.5. The number of rotatable bonds is 4. The lowest BCUT2D eigenvalue weighted by Gasteiger charge is -2.22. The predicted octanol–water partition coefficient (Wildman–Crippen LogP) is 5.66. The zero-order valence-corrected chi connectivity index (χ0v) is 17.2. The number of halogens is 2. The molecule has 4 aromatic rings. The van der Waals surface area contributed by atoms with E-state index in [4.69, 9.17) is 4.42 Å². The van der Waals surface area contributed by atoms with Gasteiger partial charge in [0.25, 0.3) is 11.6 Å². The first kappa shape index (κ1) is 20.7. The number of nitro groups is 1. The maximum Gasteiger partial charge on any atom is 0.270 e. The third-order valence-corrected chi connectivity index (χ3v) is 5.75. The fraction of sp³-hybridized carbons (Fsp3) is 0.167. The van der Waals surface area contributed by atoms with Crippen LogP contribution in [-0.4, -0.2) is 27.3 Å². The van der Waals surface area contributed by atoms with Gasteiger partial charge in [-0.05, 0) is 48.7 Å². The monoisotopic (exact) mass is 449 g/mol. The van der Waals surface area contributed by atoms with Gasteiger partial charge in [-0.25, -0.2) is 13.8 Å². The lowest BCUT2D eigenvalue weighted by atomic mass is 10.0. The van der Waals surface area contributed by atoms with Crippen molar-refractivity contribution in [3.8, 4) is 11.1 Å². The summed E-state index contributed by atoms with van der Waals surface area (Å²) in [5.74, 6) is -1.33. The molecule has 2 heterocycles. The van der Waals surface area contributed by atoms with Crippen molar-refractivity contribution < 1.29 is 22.9 Å². The van der Waals surface area contributed by atoms with Crippen LogP contribution in [0.1, 0.15) is 35.1 Å². The van der Waals surface area contributed by atoms with Crippen molar-refractivity contribution in [3.05, 3.63) is 93.9 Å². The molecule has 0 radical (unpaired) electrons. The number of nitro benzene ring substituents is 1. The maximum absolute atomic E-state index is 14.2. The van der Waals surface area contributed by atoms with Gasteiger partial charge in [0.05, 0.1) is 4.92 Å². The highest BCUT2D eigenvalue weighted by atomic mass is 19.1. The second kappa shape index (κ2) is 8.09. The number of likely N-dealkylation sites (tertiary alicyclic amines) is 1. The van der Waals surface area contributed by atoms with Gasteiger partial charge >= 0.3 is 0 Å². The maximum atomic E-state index is 14.2. The van der Waals surface area contributed by atoms with E-state index in [0.29, 0.717) is 35.5 Å². The van der Waals surface area contributed by atoms with E-state index in [-0.39, 0.29) is 22.7 Å². The Morgan fingerprint density at radius 1 is 1.12 bits per heavy atom. The van der Waals surface area contributed by atoms with E-state index < -0.39 is 22.6 Å². The van der Waals surface area contributed by atoms with Crippen LogP contribution in [0, 0.1) is 21.7 Å². The molecule has 0 spiro atoms. The van der Waals surface area contributed by atoms with Crippen LogP contribution in [0.2, 0.25) is 0 Å². The topological polar surface area (TPSA) is 89.5 Å². The van der Waals surface area contributed by atoms with Gasteiger partial charge in [0.2, 0.25) is 5.89 Å². The number of hydrogen-bond donors (Lipinski definition) is 0. The fourth-order valence-electron chi connectivity index (χ4n) is 4.16. The Hall–Kier alpha value is -4.14. The number of aromatic nitrogens is 1. The highest BCUT2D eigenvalue weighted by Gasteiger charge is 2.34. The van der Waals surface area contributed by atoms with Crippen molar-refractivity contribution in [2.24, 2.45) is 0 Å². The Bertz CT molecular complexity index is 1400. The van der Waals surface area contributed by atoms with Gasteiger partial charge in [-0.3, -0.25) is 14.9 Å². The average molecular weight is 449 g/mol. The largest absolute Gasteiger partial charge is 0.438 e. The molecule has 33 heavy (non-hydrogen) atoms. The molecule has 5 rings (SSSR count). The number of carbonyl (C=O) groups is 1. The molecule has 1 aromatic heterocycles. The SMILES string of the molecule is O=C(c1cccc([N+](=O)[O-])c1)N1CCCC1c1nc2cc(-c3ccc(F)cc3F)ccc2o1. The van der Waals surface area contributed by atoms with Crippen molar-refractivity contribution in [3.63, 3.8) is 0 Å². The fourth-order valence-corrected chi connectivity index (χ4v) is 4.16. The quantitative estimate of drug-likeness (QED) is 0.296. The number of carbonyl (C=O) groups excluding carboxylic acids is 1. The van der Waals surface area contributed by atoms with Gasteiger partial charge in [0, 0.05) is 35.9 Å². The number of oxazole rings is 1. The van der Waals surface area contributed by atoms with Crippen LogP contribution in [0.4, 0.5) is 14.5 Å². The third-order valence-electron chi connectivity index (χ3n) is 5.75. The smallest absolute Gasteiger partial charge is 0.270 e. The van der Waals surface area contributed by atoms with Crippen molar-refractivity contribution in [2.75, 3.05) is 6.54 Å². The summed E-state index contributed by atoms with van der Waals surface area (Å²) in [6.07, 6.45) is 1.36. The molecular weight excluding hydrogens is 432 g/mol. The Morgan fingerprint density at radius 3 is 2.76 bits per heavy atom. The molecule has 1 atom stereocenters. The van der Waals surface area contributed by atoms with Gasteiger partial charge in [-0.15, -0.1) is 0 Å². The lowest BCUT2D eigenvalue weighted by molar-refractivity contribution is -0.384. The minimum absolute atomic E-state index is 0.154. The van der Waals surface area contributed by atoms with E-state index in [1.807, 2.05) is 0 Å². The van der Waals surface area contributed by atoms with Gasteiger partial charge in [0.1, 0.15) is 23.2 Å². The van der Waals surface area contributed by atoms with Gasteiger partial charge in [0.15, 0.2) is 5.58 Å². The van der Waals surface area contributed by atoms with Crippen LogP contribution in [0.25, 0.3) is 22.2 Å². The van der Waals surface area contributed by atoms with Crippen molar-refractivity contribution >= 4 is 22.7 Å². The molecule has 1 amide bonds. The van der Waals surface area contributed by atoms with Gasteiger partial charge in [-0.1, -0.05) is 12.1 Å². The predicted molar refractivity (Wildman–Crippen MR) is 115 cm³/mol. The summed E-state index contributed by atoms with van der Waals surface area (Å²) in [4.78, 5) is 29.7. The van der Waals surface area contributed by atoms with Gasteiger partial charge in [-0.2, -0.15) is 0 Å². The Morgan fingerprint density at radius 2 is 1.97 bits per heavy atom. The Balaban J connectivity index is 1.46. The van der Waals surface area contributed by atoms with Gasteiger partial charge < -0.3 is 9.32 Å². The average Bonchev–Trinajstić information content (AvgIpc) is 3.45. The molecular formula is C24H17F2N3O4. The number of amides is 1. The number of nitrogens with zero attached hydrogens (tertiary/aromatic N) is 3. The van der Waals surface area contributed by atoms with E-state index in [1.165, 1.54) is 30.3 Å². The summed E-state index contributed by atoms with van der Waals surface area (Å²) < 4.78 is 33.3. The first-order chi connectivity index (χ1) is 15.9. The second-order valence-electron chi connectivity index (χ2n) is 7.82. The molecule has 0 bridgehead atoms. The summed E-state index contributed by atoms with van der Waals surface area (Å²) in [5, 5.41) is 11.1. The molecule has 1 fully saturated rings. The second-order valence-corrected chi connectivity index (χ2v) is 7.82. The number of fused-ring (bicyclic) bond motifs is 1. The van der Waals surface area contributed by atoms with Crippen molar-refractivity contribution in [1.82, 2.24) is 9.88 Å². The Labute approximate surface area is 186 Å². The van der Waals surface area contributed by atoms with Crippen LogP contribution in [0.3, 0.4) is 0 Å². The van der Waals surface area contributed by atoms with Crippen LogP contribution < -0.4 is 0 Å². The summed E-state index contributed by atoms with van der Waals surface area (Å²) in [5.41, 5.74) is 1.80. The van der Waals surface area contributed by atoms with E-state index in [9.17, 15) is 23.7 Å². The molecule has 166 valence electrons. The standard InChI is InChI=1S/C24H17F2N3O4/c25-16-7-8-18(19(26)13-16)14-6-9-22-20(12-14)27-23(33-22)21-5-2-10-28(21)24(30)15-3-1-4-17(11-15)29(31)32/h1,3-4,6-9,11-13,21H,2,5,10H2. The van der Waals surface area contributed by atoms with E-state index >= 15 is 0 Å². The van der Waals surface area contributed by atoms with Crippen molar-refractivity contribution in [2.45, 2.75) is 18.9 Å². The summed E-state index contributed by atoms with van der Waals surface area (Å²) in [6.45, 7) is 0.469. The number of hydrogen-bond acceptors (Lipinski definition) is 5. The van der Waals surface area contributed by atoms with Crippen LogP contribution >= 0.6 is 0 Å². The molecule has 0 N–H and O–H groups in total. The zero-order chi connectivity index (χ0) is 23.1. The minimum atomic E-state index is -0.678. The normalized spacial score (nSPS) is 15.8. The van der Waals surface area contributed by atoms with Crippen LogP contribution in [0.15, 0.2) is 65.1 Å².